The summed E-state index contributed by atoms with van der Waals surface area (Å²) in [4.78, 5) is 38.0. The largest absolute Gasteiger partial charge is 0.462 e. The predicted molar refractivity (Wildman–Crippen MR) is 274 cm³/mol. The summed E-state index contributed by atoms with van der Waals surface area (Å²) >= 11 is 0. The van der Waals surface area contributed by atoms with Crippen LogP contribution in [-0.4, -0.2) is 37.2 Å². The molecule has 0 N–H and O–H groups in total. The average Bonchev–Trinajstić information content (AvgIpc) is 3.29. The zero-order valence-electron chi connectivity index (χ0n) is 41.8. The molecule has 0 radical (unpaired) electrons. The number of esters is 3. The lowest BCUT2D eigenvalue weighted by Crippen LogP contribution is -2.30. The van der Waals surface area contributed by atoms with Crippen LogP contribution in [0.15, 0.2) is 85.1 Å². The first kappa shape index (κ1) is 60.6. The van der Waals surface area contributed by atoms with Crippen LogP contribution in [-0.2, 0) is 28.6 Å². The van der Waals surface area contributed by atoms with Crippen molar-refractivity contribution in [2.75, 3.05) is 13.2 Å². The Bertz CT molecular complexity index is 1250. The summed E-state index contributed by atoms with van der Waals surface area (Å²) in [5, 5.41) is 0. The number of hydrogen-bond acceptors (Lipinski definition) is 6. The Morgan fingerprint density at radius 1 is 0.328 bits per heavy atom. The molecular weight excluding hydrogens is 793 g/mol. The van der Waals surface area contributed by atoms with Crippen molar-refractivity contribution in [2.45, 2.75) is 252 Å². The van der Waals surface area contributed by atoms with Gasteiger partial charge in [0.2, 0.25) is 0 Å². The predicted octanol–water partition coefficient (Wildman–Crippen LogP) is 17.6. The zero-order chi connectivity index (χ0) is 46.5. The van der Waals surface area contributed by atoms with E-state index >= 15 is 0 Å². The van der Waals surface area contributed by atoms with E-state index < -0.39 is 6.10 Å². The molecule has 0 aliphatic heterocycles. The lowest BCUT2D eigenvalue weighted by atomic mass is 10.1. The molecule has 0 saturated heterocycles. The molecule has 0 fully saturated rings. The van der Waals surface area contributed by atoms with Crippen LogP contribution in [0.25, 0.3) is 0 Å². The van der Waals surface area contributed by atoms with E-state index in [1.807, 2.05) is 0 Å². The number of ether oxygens (including phenoxy) is 3. The number of allylic oxidation sites excluding steroid dienone is 14. The Labute approximate surface area is 395 Å². The summed E-state index contributed by atoms with van der Waals surface area (Å²) in [6, 6.07) is 0. The molecule has 0 amide bonds. The fourth-order valence-corrected chi connectivity index (χ4v) is 7.10. The van der Waals surface area contributed by atoms with Gasteiger partial charge in [0.05, 0.1) is 0 Å². The molecule has 64 heavy (non-hydrogen) atoms. The summed E-state index contributed by atoms with van der Waals surface area (Å²) < 4.78 is 16.8. The van der Waals surface area contributed by atoms with Crippen molar-refractivity contribution in [3.05, 3.63) is 85.1 Å². The van der Waals surface area contributed by atoms with Crippen molar-refractivity contribution in [1.29, 1.82) is 0 Å². The maximum absolute atomic E-state index is 12.8. The van der Waals surface area contributed by atoms with Crippen molar-refractivity contribution >= 4 is 17.9 Å². The molecule has 0 aromatic heterocycles. The summed E-state index contributed by atoms with van der Waals surface area (Å²) in [5.74, 6) is -0.948. The van der Waals surface area contributed by atoms with E-state index in [9.17, 15) is 14.4 Å². The second-order valence-electron chi connectivity index (χ2n) is 17.4. The first-order chi connectivity index (χ1) is 31.5. The molecule has 0 aliphatic carbocycles. The van der Waals surface area contributed by atoms with E-state index in [1.165, 1.54) is 83.5 Å². The molecule has 0 aliphatic rings. The maximum atomic E-state index is 12.8. The van der Waals surface area contributed by atoms with Crippen molar-refractivity contribution in [2.24, 2.45) is 0 Å². The van der Waals surface area contributed by atoms with Gasteiger partial charge in [-0.2, -0.15) is 0 Å². The van der Waals surface area contributed by atoms with E-state index in [1.54, 1.807) is 0 Å². The van der Waals surface area contributed by atoms with Crippen LogP contribution in [0.5, 0.6) is 0 Å². The minimum absolute atomic E-state index is 0.0965. The summed E-state index contributed by atoms with van der Waals surface area (Å²) in [7, 11) is 0. The highest BCUT2D eigenvalue weighted by Gasteiger charge is 2.19. The van der Waals surface area contributed by atoms with Gasteiger partial charge in [0.1, 0.15) is 13.2 Å². The number of carbonyl (C=O) groups excluding carboxylic acids is 3. The normalized spacial score (nSPS) is 12.7. The molecule has 1 atom stereocenters. The third-order valence-electron chi connectivity index (χ3n) is 11.1. The van der Waals surface area contributed by atoms with E-state index in [-0.39, 0.29) is 31.1 Å². The van der Waals surface area contributed by atoms with Crippen LogP contribution in [0, 0.1) is 0 Å². The van der Waals surface area contributed by atoms with Crippen LogP contribution >= 0.6 is 0 Å². The molecule has 0 aromatic rings. The highest BCUT2D eigenvalue weighted by molar-refractivity contribution is 5.71. The fraction of sp³-hybridized carbons (Fsp3) is 0.707. The first-order valence-electron chi connectivity index (χ1n) is 26.6. The lowest BCUT2D eigenvalue weighted by Gasteiger charge is -2.18. The van der Waals surface area contributed by atoms with Crippen LogP contribution in [0.1, 0.15) is 245 Å². The van der Waals surface area contributed by atoms with Gasteiger partial charge >= 0.3 is 17.9 Å². The fourth-order valence-electron chi connectivity index (χ4n) is 7.10. The number of unbranched alkanes of at least 4 members (excludes halogenated alkanes) is 22. The highest BCUT2D eigenvalue weighted by Crippen LogP contribution is 2.13. The van der Waals surface area contributed by atoms with Crippen LogP contribution in [0.2, 0.25) is 0 Å². The topological polar surface area (TPSA) is 78.9 Å². The number of hydrogen-bond donors (Lipinski definition) is 0. The van der Waals surface area contributed by atoms with Gasteiger partial charge in [0, 0.05) is 19.3 Å². The molecule has 6 heteroatoms. The van der Waals surface area contributed by atoms with Gasteiger partial charge in [0.25, 0.3) is 0 Å². The standard InChI is InChI=1S/C58H98O6/c1-4-7-10-13-16-19-22-25-27-29-31-33-36-39-42-45-48-51-57(60)63-54-55(53-62-56(59)50-47-44-41-38-35-32-24-21-18-15-12-9-6-3)64-58(61)52-49-46-43-40-37-34-30-28-26-23-20-17-14-11-8-5-2/h9,12,16,18-21,23,25,27-28,30,32,35,55H,4-8,10-11,13-15,17,22,24,26,29,31,33-34,36-54H2,1-3H3/b12-9-,19-16-,21-18-,23-20-,27-25-,30-28-,35-32-. The van der Waals surface area contributed by atoms with Crippen molar-refractivity contribution in [1.82, 2.24) is 0 Å². The quantitative estimate of drug-likeness (QED) is 0.0262. The smallest absolute Gasteiger partial charge is 0.306 e. The molecule has 366 valence electrons. The van der Waals surface area contributed by atoms with E-state index in [4.69, 9.17) is 14.2 Å². The van der Waals surface area contributed by atoms with Gasteiger partial charge in [0.15, 0.2) is 6.10 Å². The second kappa shape index (κ2) is 52.2. The third-order valence-corrected chi connectivity index (χ3v) is 11.1. The third kappa shape index (κ3) is 49.6. The van der Waals surface area contributed by atoms with E-state index in [0.717, 1.165) is 122 Å². The molecular formula is C58H98O6. The van der Waals surface area contributed by atoms with Crippen molar-refractivity contribution in [3.63, 3.8) is 0 Å². The van der Waals surface area contributed by atoms with Crippen molar-refractivity contribution < 1.29 is 28.6 Å². The van der Waals surface area contributed by atoms with Gasteiger partial charge in [-0.15, -0.1) is 0 Å². The monoisotopic (exact) mass is 891 g/mol. The van der Waals surface area contributed by atoms with Gasteiger partial charge < -0.3 is 14.2 Å². The lowest BCUT2D eigenvalue weighted by molar-refractivity contribution is -0.167. The SMILES string of the molecule is CC/C=C\C/C=C\C/C=C\CCCCCC(=O)OCC(COC(=O)CCCCCCCCC/C=C\C/C=C\CCCCC)OC(=O)CCCCCCC/C=C\C/C=C\CCCCCC. The van der Waals surface area contributed by atoms with Crippen LogP contribution < -0.4 is 0 Å². The first-order valence-corrected chi connectivity index (χ1v) is 26.6. The average molecular weight is 891 g/mol. The number of carbonyl (C=O) groups is 3. The van der Waals surface area contributed by atoms with Gasteiger partial charge in [-0.1, -0.05) is 196 Å². The Kier molecular flexibility index (Phi) is 49.4. The highest BCUT2D eigenvalue weighted by atomic mass is 16.6. The second-order valence-corrected chi connectivity index (χ2v) is 17.4. The summed E-state index contributed by atoms with van der Waals surface area (Å²) in [5.41, 5.74) is 0. The molecule has 0 spiro atoms. The minimum Gasteiger partial charge on any atom is -0.462 e. The Morgan fingerprint density at radius 3 is 1.00 bits per heavy atom. The van der Waals surface area contributed by atoms with Gasteiger partial charge in [-0.3, -0.25) is 14.4 Å². The Balaban J connectivity index is 4.46. The zero-order valence-corrected chi connectivity index (χ0v) is 41.8. The molecule has 0 saturated carbocycles. The maximum Gasteiger partial charge on any atom is 0.306 e. The molecule has 0 rings (SSSR count). The van der Waals surface area contributed by atoms with Crippen molar-refractivity contribution in [3.8, 4) is 0 Å². The van der Waals surface area contributed by atoms with Gasteiger partial charge in [-0.25, -0.2) is 0 Å². The van der Waals surface area contributed by atoms with E-state index in [2.05, 4.69) is 106 Å². The molecule has 0 bridgehead atoms. The van der Waals surface area contributed by atoms with E-state index in [0.29, 0.717) is 19.3 Å². The summed E-state index contributed by atoms with van der Waals surface area (Å²) in [6.07, 6.45) is 67.1. The number of rotatable bonds is 47. The Morgan fingerprint density at radius 2 is 0.609 bits per heavy atom. The van der Waals surface area contributed by atoms with Crippen LogP contribution in [0.3, 0.4) is 0 Å². The molecule has 0 aromatic carbocycles. The van der Waals surface area contributed by atoms with Gasteiger partial charge in [-0.05, 0) is 116 Å². The summed E-state index contributed by atoms with van der Waals surface area (Å²) in [6.45, 7) is 6.44. The molecule has 1 unspecified atom stereocenters. The Hall–Kier alpha value is -3.41. The van der Waals surface area contributed by atoms with Crippen LogP contribution in [0.4, 0.5) is 0 Å². The molecule has 0 heterocycles. The molecule has 6 nitrogen and oxygen atoms in total. The minimum atomic E-state index is -0.799.